The smallest absolute Gasteiger partial charge is 0.224 e. The lowest BCUT2D eigenvalue weighted by atomic mass is 9.48. The molecule has 0 spiro atoms. The number of amides is 1. The van der Waals surface area contributed by atoms with Crippen molar-refractivity contribution in [3.63, 3.8) is 0 Å². The number of hydrogen-bond donors (Lipinski definition) is 1. The number of rotatable bonds is 4. The van der Waals surface area contributed by atoms with Gasteiger partial charge in [0.15, 0.2) is 0 Å². The van der Waals surface area contributed by atoms with E-state index in [1.165, 1.54) is 44.1 Å². The van der Waals surface area contributed by atoms with E-state index in [2.05, 4.69) is 46.0 Å². The summed E-state index contributed by atoms with van der Waals surface area (Å²) in [6, 6.07) is 0.349. The van der Waals surface area contributed by atoms with Gasteiger partial charge in [-0.1, -0.05) is 25.5 Å². The van der Waals surface area contributed by atoms with Crippen molar-refractivity contribution >= 4 is 5.91 Å². The number of hydrogen-bond acceptors (Lipinski definition) is 1. The minimum atomic E-state index is 0.128. The van der Waals surface area contributed by atoms with Gasteiger partial charge in [0.05, 0.1) is 5.92 Å². The van der Waals surface area contributed by atoms with E-state index in [1.807, 2.05) is 0 Å². The molecular formula is C22H35NO. The van der Waals surface area contributed by atoms with Crippen molar-refractivity contribution in [2.45, 2.75) is 79.2 Å². The molecule has 5 aliphatic rings. The molecule has 0 heterocycles. The van der Waals surface area contributed by atoms with Gasteiger partial charge < -0.3 is 5.32 Å². The monoisotopic (exact) mass is 329 g/mol. The molecule has 2 heteroatoms. The molecule has 0 aliphatic heterocycles. The maximum atomic E-state index is 13.0. The summed E-state index contributed by atoms with van der Waals surface area (Å²) in [7, 11) is 0. The van der Waals surface area contributed by atoms with Gasteiger partial charge in [-0.25, -0.2) is 0 Å². The van der Waals surface area contributed by atoms with Crippen LogP contribution in [-0.2, 0) is 4.79 Å². The minimum Gasteiger partial charge on any atom is -0.353 e. The van der Waals surface area contributed by atoms with Gasteiger partial charge in [-0.2, -0.15) is 0 Å². The third kappa shape index (κ3) is 2.56. The molecule has 1 N–H and O–H groups in total. The second-order valence-electron chi connectivity index (χ2n) is 10.6. The standard InChI is InChI=1S/C22H35NO/c1-13(2)6-18-19(21(18,4)5)20(24)23-14(3)22-10-15-7-16(11-22)9-17(8-15)12-22/h6,14-19H,7-12H2,1-5H3,(H,23,24)/t14-,15?,16?,17?,18-,19-,22?/m0/s1. The average molecular weight is 330 g/mol. The van der Waals surface area contributed by atoms with Crippen LogP contribution in [0.5, 0.6) is 0 Å². The first-order valence-corrected chi connectivity index (χ1v) is 10.2. The first-order chi connectivity index (χ1) is 11.2. The van der Waals surface area contributed by atoms with Gasteiger partial charge in [0.2, 0.25) is 5.91 Å². The quantitative estimate of drug-likeness (QED) is 0.727. The molecule has 3 atom stereocenters. The maximum Gasteiger partial charge on any atom is 0.224 e. The van der Waals surface area contributed by atoms with Crippen LogP contribution in [0.3, 0.4) is 0 Å². The van der Waals surface area contributed by atoms with Crippen LogP contribution in [0.2, 0.25) is 0 Å². The fraction of sp³-hybridized carbons (Fsp3) is 0.864. The van der Waals surface area contributed by atoms with E-state index in [0.717, 1.165) is 17.8 Å². The fourth-order valence-corrected chi connectivity index (χ4v) is 7.01. The third-order valence-corrected chi connectivity index (χ3v) is 8.07. The molecule has 5 aliphatic carbocycles. The molecule has 134 valence electrons. The van der Waals surface area contributed by atoms with E-state index in [0.29, 0.717) is 23.3 Å². The van der Waals surface area contributed by atoms with Crippen LogP contribution in [0.25, 0.3) is 0 Å². The molecule has 0 aromatic rings. The van der Waals surface area contributed by atoms with E-state index < -0.39 is 0 Å². The fourth-order valence-electron chi connectivity index (χ4n) is 7.01. The van der Waals surface area contributed by atoms with E-state index in [1.54, 1.807) is 0 Å². The van der Waals surface area contributed by atoms with Gasteiger partial charge in [-0.15, -0.1) is 0 Å². The average Bonchev–Trinajstić information content (AvgIpc) is 2.97. The van der Waals surface area contributed by atoms with Crippen molar-refractivity contribution < 1.29 is 4.79 Å². The van der Waals surface area contributed by atoms with Gasteiger partial charge >= 0.3 is 0 Å². The van der Waals surface area contributed by atoms with Gasteiger partial charge in [-0.05, 0) is 93.8 Å². The molecule has 0 aromatic heterocycles. The van der Waals surface area contributed by atoms with Crippen molar-refractivity contribution in [1.29, 1.82) is 0 Å². The van der Waals surface area contributed by atoms with Crippen LogP contribution in [0.1, 0.15) is 73.1 Å². The molecule has 2 nitrogen and oxygen atoms in total. The molecule has 0 radical (unpaired) electrons. The predicted octanol–water partition coefficient (Wildman–Crippen LogP) is 4.95. The van der Waals surface area contributed by atoms with Gasteiger partial charge in [0.1, 0.15) is 0 Å². The second-order valence-corrected chi connectivity index (χ2v) is 10.6. The zero-order valence-corrected chi connectivity index (χ0v) is 16.2. The molecule has 24 heavy (non-hydrogen) atoms. The lowest BCUT2D eigenvalue weighted by molar-refractivity contribution is -0.127. The first kappa shape index (κ1) is 16.7. The third-order valence-electron chi connectivity index (χ3n) is 8.07. The highest BCUT2D eigenvalue weighted by molar-refractivity contribution is 5.84. The Morgan fingerprint density at radius 1 is 1.04 bits per heavy atom. The minimum absolute atomic E-state index is 0.128. The van der Waals surface area contributed by atoms with Crippen LogP contribution < -0.4 is 5.32 Å². The number of nitrogens with one attached hydrogen (secondary N) is 1. The first-order valence-electron chi connectivity index (χ1n) is 10.2. The van der Waals surface area contributed by atoms with Gasteiger partial charge in [0.25, 0.3) is 0 Å². The summed E-state index contributed by atoms with van der Waals surface area (Å²) < 4.78 is 0. The van der Waals surface area contributed by atoms with E-state index in [-0.39, 0.29) is 11.3 Å². The summed E-state index contributed by atoms with van der Waals surface area (Å²) >= 11 is 0. The molecule has 4 bridgehead atoms. The molecule has 0 saturated heterocycles. The van der Waals surface area contributed by atoms with Crippen molar-refractivity contribution in [2.24, 2.45) is 40.4 Å². The Morgan fingerprint density at radius 2 is 1.54 bits per heavy atom. The molecule has 5 saturated carbocycles. The molecule has 5 rings (SSSR count). The summed E-state index contributed by atoms with van der Waals surface area (Å²) in [5.74, 6) is 3.75. The van der Waals surface area contributed by atoms with Crippen LogP contribution in [0.4, 0.5) is 0 Å². The number of carbonyl (C=O) groups is 1. The topological polar surface area (TPSA) is 29.1 Å². The Morgan fingerprint density at radius 3 is 2.00 bits per heavy atom. The zero-order valence-electron chi connectivity index (χ0n) is 16.2. The van der Waals surface area contributed by atoms with Crippen molar-refractivity contribution in [1.82, 2.24) is 5.32 Å². The van der Waals surface area contributed by atoms with Crippen molar-refractivity contribution in [3.8, 4) is 0 Å². The molecule has 5 fully saturated rings. The van der Waals surface area contributed by atoms with Crippen LogP contribution in [0.15, 0.2) is 11.6 Å². The SMILES string of the molecule is CC(C)=C[C@H]1[C@@H](C(=O)N[C@@H](C)C23CC4CC(CC(C4)C2)C3)C1(C)C. The highest BCUT2D eigenvalue weighted by atomic mass is 16.2. The van der Waals surface area contributed by atoms with E-state index >= 15 is 0 Å². The van der Waals surface area contributed by atoms with Crippen molar-refractivity contribution in [2.75, 3.05) is 0 Å². The van der Waals surface area contributed by atoms with Gasteiger partial charge in [-0.3, -0.25) is 4.79 Å². The van der Waals surface area contributed by atoms with Crippen LogP contribution in [-0.4, -0.2) is 11.9 Å². The van der Waals surface area contributed by atoms with Crippen molar-refractivity contribution in [3.05, 3.63) is 11.6 Å². The van der Waals surface area contributed by atoms with E-state index in [4.69, 9.17) is 0 Å². The Kier molecular flexibility index (Phi) is 3.72. The zero-order chi connectivity index (χ0) is 17.3. The Hall–Kier alpha value is -0.790. The lowest BCUT2D eigenvalue weighted by Crippen LogP contribution is -2.56. The molecule has 0 aromatic carbocycles. The summed E-state index contributed by atoms with van der Waals surface area (Å²) in [5, 5.41) is 3.49. The van der Waals surface area contributed by atoms with Crippen LogP contribution in [0, 0.1) is 40.4 Å². The normalized spacial score (nSPS) is 45.6. The lowest BCUT2D eigenvalue weighted by Gasteiger charge is -2.59. The second kappa shape index (κ2) is 5.35. The largest absolute Gasteiger partial charge is 0.353 e. The number of carbonyl (C=O) groups excluding carboxylic acids is 1. The molecule has 0 unspecified atom stereocenters. The summed E-state index contributed by atoms with van der Waals surface area (Å²) in [6.45, 7) is 11.1. The van der Waals surface area contributed by atoms with Crippen LogP contribution >= 0.6 is 0 Å². The Balaban J connectivity index is 1.44. The maximum absolute atomic E-state index is 13.0. The van der Waals surface area contributed by atoms with E-state index in [9.17, 15) is 4.79 Å². The number of allylic oxidation sites excluding steroid dienone is 2. The van der Waals surface area contributed by atoms with Gasteiger partial charge in [0, 0.05) is 6.04 Å². The molecule has 1 amide bonds. The molecular weight excluding hydrogens is 294 g/mol. The highest BCUT2D eigenvalue weighted by Crippen LogP contribution is 2.62. The predicted molar refractivity (Wildman–Crippen MR) is 98.4 cm³/mol. The Labute approximate surface area is 147 Å². The highest BCUT2D eigenvalue weighted by Gasteiger charge is 2.61. The Bertz CT molecular complexity index is 533. The summed E-state index contributed by atoms with van der Waals surface area (Å²) in [4.78, 5) is 13.0. The summed E-state index contributed by atoms with van der Waals surface area (Å²) in [5.41, 5.74) is 1.87. The summed E-state index contributed by atoms with van der Waals surface area (Å²) in [6.07, 6.45) is 10.8.